The van der Waals surface area contributed by atoms with E-state index in [0.717, 1.165) is 10.4 Å². The molecule has 0 radical (unpaired) electrons. The predicted octanol–water partition coefficient (Wildman–Crippen LogP) is 3.20. The first kappa shape index (κ1) is 20.5. The molecule has 3 atom stereocenters. The summed E-state index contributed by atoms with van der Waals surface area (Å²) >= 11 is 1.25. The molecule has 156 valence electrons. The van der Waals surface area contributed by atoms with Crippen LogP contribution in [0.2, 0.25) is 0 Å². The predicted molar refractivity (Wildman–Crippen MR) is 112 cm³/mol. The lowest BCUT2D eigenvalue weighted by atomic mass is 10.1. The van der Waals surface area contributed by atoms with Crippen molar-refractivity contribution in [2.75, 3.05) is 19.6 Å². The first-order valence-electron chi connectivity index (χ1n) is 9.94. The van der Waals surface area contributed by atoms with Crippen LogP contribution in [0, 0.1) is 6.92 Å². The summed E-state index contributed by atoms with van der Waals surface area (Å²) in [6, 6.07) is 12.7. The molecule has 29 heavy (non-hydrogen) atoms. The Labute approximate surface area is 176 Å². The molecule has 1 aromatic heterocycles. The molecule has 0 aliphatic carbocycles. The van der Waals surface area contributed by atoms with E-state index in [0.29, 0.717) is 36.7 Å². The smallest absolute Gasteiger partial charge is 0.253 e. The van der Waals surface area contributed by atoms with E-state index in [1.165, 1.54) is 15.6 Å². The molecule has 2 aliphatic heterocycles. The van der Waals surface area contributed by atoms with E-state index in [1.807, 2.05) is 44.2 Å². The van der Waals surface area contributed by atoms with Gasteiger partial charge in [0.15, 0.2) is 0 Å². The molecule has 1 amide bonds. The van der Waals surface area contributed by atoms with Gasteiger partial charge < -0.3 is 9.64 Å². The zero-order valence-electron chi connectivity index (χ0n) is 16.7. The average Bonchev–Trinajstić information content (AvgIpc) is 3.37. The number of thiophene rings is 1. The number of amides is 1. The van der Waals surface area contributed by atoms with Crippen molar-refractivity contribution < 1.29 is 17.9 Å². The highest BCUT2D eigenvalue weighted by Crippen LogP contribution is 2.32. The van der Waals surface area contributed by atoms with Gasteiger partial charge in [0.05, 0.1) is 12.6 Å². The molecule has 2 aromatic rings. The molecule has 2 fully saturated rings. The number of carbonyl (C=O) groups is 1. The van der Waals surface area contributed by atoms with Crippen molar-refractivity contribution in [1.82, 2.24) is 9.21 Å². The summed E-state index contributed by atoms with van der Waals surface area (Å²) in [5, 5.41) is 0. The van der Waals surface area contributed by atoms with Crippen LogP contribution in [0.15, 0.2) is 46.7 Å². The Bertz CT molecular complexity index is 974. The topological polar surface area (TPSA) is 66.9 Å². The normalized spacial score (nSPS) is 26.0. The number of benzene rings is 1. The minimum atomic E-state index is -3.66. The van der Waals surface area contributed by atoms with Crippen LogP contribution in [0.1, 0.15) is 36.3 Å². The molecule has 3 unspecified atom stereocenters. The molecule has 1 aromatic carbocycles. The second-order valence-electron chi connectivity index (χ2n) is 7.73. The lowest BCUT2D eigenvalue weighted by Crippen LogP contribution is -2.53. The molecule has 0 N–H and O–H groups in total. The quantitative estimate of drug-likeness (QED) is 0.741. The number of rotatable bonds is 4. The van der Waals surface area contributed by atoms with E-state index in [9.17, 15) is 13.2 Å². The highest BCUT2D eigenvalue weighted by Gasteiger charge is 2.43. The van der Waals surface area contributed by atoms with Crippen LogP contribution in [0.4, 0.5) is 0 Å². The zero-order chi connectivity index (χ0) is 20.6. The third-order valence-corrected chi connectivity index (χ3v) is 8.89. The van der Waals surface area contributed by atoms with Crippen LogP contribution in [0.25, 0.3) is 0 Å². The summed E-state index contributed by atoms with van der Waals surface area (Å²) < 4.78 is 34.0. The monoisotopic (exact) mass is 434 g/mol. The number of hydrogen-bond donors (Lipinski definition) is 0. The van der Waals surface area contributed by atoms with Crippen molar-refractivity contribution in [3.05, 3.63) is 52.9 Å². The molecular formula is C21H26N2O4S2. The minimum Gasteiger partial charge on any atom is -0.367 e. The van der Waals surface area contributed by atoms with Gasteiger partial charge in [-0.2, -0.15) is 4.31 Å². The Balaban J connectivity index is 1.55. The van der Waals surface area contributed by atoms with Crippen LogP contribution in [0.5, 0.6) is 0 Å². The Morgan fingerprint density at radius 1 is 1.14 bits per heavy atom. The van der Waals surface area contributed by atoms with Gasteiger partial charge in [-0.1, -0.05) is 30.3 Å². The summed E-state index contributed by atoms with van der Waals surface area (Å²) in [5.74, 6) is -0.115. The van der Waals surface area contributed by atoms with Crippen LogP contribution in [-0.4, -0.2) is 55.3 Å². The largest absolute Gasteiger partial charge is 0.367 e. The van der Waals surface area contributed by atoms with E-state index in [2.05, 4.69) is 0 Å². The third-order valence-electron chi connectivity index (χ3n) is 5.51. The van der Waals surface area contributed by atoms with Gasteiger partial charge in [0.25, 0.3) is 10.0 Å². The van der Waals surface area contributed by atoms with Gasteiger partial charge in [0.2, 0.25) is 5.91 Å². The van der Waals surface area contributed by atoms with Crippen LogP contribution in [0.3, 0.4) is 0 Å². The van der Waals surface area contributed by atoms with E-state index in [4.69, 9.17) is 4.74 Å². The third kappa shape index (κ3) is 4.12. The van der Waals surface area contributed by atoms with E-state index in [-0.39, 0.29) is 18.1 Å². The van der Waals surface area contributed by atoms with Crippen molar-refractivity contribution in [2.24, 2.45) is 0 Å². The number of nitrogens with zero attached hydrogens (tertiary/aromatic N) is 2. The summed E-state index contributed by atoms with van der Waals surface area (Å²) in [4.78, 5) is 16.1. The Kier molecular flexibility index (Phi) is 5.79. The molecule has 8 heteroatoms. The molecule has 2 aliphatic rings. The lowest BCUT2D eigenvalue weighted by Gasteiger charge is -2.39. The molecule has 0 bridgehead atoms. The van der Waals surface area contributed by atoms with E-state index in [1.54, 1.807) is 17.0 Å². The molecular weight excluding hydrogens is 408 g/mol. The standard InChI is InChI=1S/C21H26N2O4S2/c1-15-13-22(14-19(27-15)17-7-4-3-5-8-17)21(24)18-9-6-12-23(18)29(25,26)20-11-10-16(2)28-20/h3-5,7-8,10-11,15,18-19H,6,9,12-14H2,1-2H3. The number of morpholine rings is 1. The van der Waals surface area contributed by atoms with Crippen LogP contribution in [-0.2, 0) is 19.6 Å². The number of hydrogen-bond acceptors (Lipinski definition) is 5. The van der Waals surface area contributed by atoms with Gasteiger partial charge in [0, 0.05) is 18.0 Å². The second-order valence-corrected chi connectivity index (χ2v) is 11.1. The maximum absolute atomic E-state index is 13.4. The molecule has 6 nitrogen and oxygen atoms in total. The fourth-order valence-corrected chi connectivity index (χ4v) is 7.20. The van der Waals surface area contributed by atoms with Crippen molar-refractivity contribution in [3.63, 3.8) is 0 Å². The highest BCUT2D eigenvalue weighted by molar-refractivity contribution is 7.91. The summed E-state index contributed by atoms with van der Waals surface area (Å²) in [5.41, 5.74) is 1.03. The minimum absolute atomic E-state index is 0.107. The zero-order valence-corrected chi connectivity index (χ0v) is 18.3. The van der Waals surface area contributed by atoms with Gasteiger partial charge in [-0.05, 0) is 44.4 Å². The van der Waals surface area contributed by atoms with Gasteiger partial charge in [-0.15, -0.1) is 11.3 Å². The molecule has 3 heterocycles. The van der Waals surface area contributed by atoms with Crippen molar-refractivity contribution in [2.45, 2.75) is 49.1 Å². The maximum Gasteiger partial charge on any atom is 0.253 e. The van der Waals surface area contributed by atoms with E-state index >= 15 is 0 Å². The Morgan fingerprint density at radius 2 is 1.90 bits per heavy atom. The highest BCUT2D eigenvalue weighted by atomic mass is 32.2. The van der Waals surface area contributed by atoms with Crippen molar-refractivity contribution in [1.29, 1.82) is 0 Å². The van der Waals surface area contributed by atoms with Gasteiger partial charge in [-0.25, -0.2) is 8.42 Å². The van der Waals surface area contributed by atoms with Crippen LogP contribution < -0.4 is 0 Å². The fraction of sp³-hybridized carbons (Fsp3) is 0.476. The SMILES string of the molecule is Cc1ccc(S(=O)(=O)N2CCCC2C(=O)N2CC(C)OC(c3ccccc3)C2)s1. The van der Waals surface area contributed by atoms with Gasteiger partial charge in [-0.3, -0.25) is 4.79 Å². The summed E-state index contributed by atoms with van der Waals surface area (Å²) in [6.45, 7) is 5.14. The Hall–Kier alpha value is -1.74. The van der Waals surface area contributed by atoms with Crippen LogP contribution >= 0.6 is 11.3 Å². The van der Waals surface area contributed by atoms with E-state index < -0.39 is 16.1 Å². The first-order chi connectivity index (χ1) is 13.9. The lowest BCUT2D eigenvalue weighted by molar-refractivity contribution is -0.148. The molecule has 4 rings (SSSR count). The number of carbonyl (C=O) groups excluding carboxylic acids is 1. The number of ether oxygens (including phenoxy) is 1. The van der Waals surface area contributed by atoms with Gasteiger partial charge >= 0.3 is 0 Å². The molecule has 0 saturated carbocycles. The second kappa shape index (κ2) is 8.18. The van der Waals surface area contributed by atoms with Gasteiger partial charge in [0.1, 0.15) is 16.4 Å². The number of sulfonamides is 1. The number of aryl methyl sites for hydroxylation is 1. The van der Waals surface area contributed by atoms with Crippen molar-refractivity contribution >= 4 is 27.3 Å². The fourth-order valence-electron chi connectivity index (χ4n) is 4.13. The Morgan fingerprint density at radius 3 is 2.59 bits per heavy atom. The summed E-state index contributed by atoms with van der Waals surface area (Å²) in [7, 11) is -3.66. The first-order valence-corrected chi connectivity index (χ1v) is 12.2. The summed E-state index contributed by atoms with van der Waals surface area (Å²) in [6.07, 6.45) is 0.950. The average molecular weight is 435 g/mol. The molecule has 2 saturated heterocycles. The van der Waals surface area contributed by atoms with Crippen molar-refractivity contribution in [3.8, 4) is 0 Å². The maximum atomic E-state index is 13.4. The molecule has 0 spiro atoms.